The van der Waals surface area contributed by atoms with Crippen molar-refractivity contribution in [3.8, 4) is 17.0 Å². The first-order valence-corrected chi connectivity index (χ1v) is 8.35. The van der Waals surface area contributed by atoms with Crippen LogP contribution in [0.25, 0.3) is 11.3 Å². The third kappa shape index (κ3) is 3.97. The van der Waals surface area contributed by atoms with Crippen molar-refractivity contribution in [1.82, 2.24) is 15.6 Å². The highest BCUT2D eigenvalue weighted by molar-refractivity contribution is 6.02. The summed E-state index contributed by atoms with van der Waals surface area (Å²) >= 11 is 0. The molecule has 6 heteroatoms. The van der Waals surface area contributed by atoms with E-state index in [9.17, 15) is 9.90 Å². The lowest BCUT2D eigenvalue weighted by molar-refractivity contribution is 0.0950. The zero-order valence-electron chi connectivity index (χ0n) is 14.7. The summed E-state index contributed by atoms with van der Waals surface area (Å²) in [7, 11) is 0. The molecule has 0 aliphatic heterocycles. The van der Waals surface area contributed by atoms with Crippen LogP contribution in [0.15, 0.2) is 59.7 Å². The van der Waals surface area contributed by atoms with Crippen LogP contribution in [0.1, 0.15) is 35.0 Å². The van der Waals surface area contributed by atoms with E-state index < -0.39 is 0 Å². The second kappa shape index (κ2) is 7.65. The fraction of sp³-hybridized carbons (Fsp3) is 0.150. The Morgan fingerprint density at radius 2 is 1.85 bits per heavy atom. The van der Waals surface area contributed by atoms with E-state index >= 15 is 0 Å². The fourth-order valence-electron chi connectivity index (χ4n) is 2.49. The minimum atomic E-state index is -0.361. The zero-order chi connectivity index (χ0) is 18.5. The Labute approximate surface area is 151 Å². The summed E-state index contributed by atoms with van der Waals surface area (Å²) < 4.78 is 0. The standard InChI is InChI=1S/C20H20N4O2/c1-3-17(14-8-10-16(25)11-9-14)21-24-20(26)19-12-18(22-23-19)15-6-4-13(2)5-7-15/h4-12,25H,3H2,1-2H3,(H,22,23)(H,24,26)/b21-17+. The van der Waals surface area contributed by atoms with Gasteiger partial charge in [-0.2, -0.15) is 10.2 Å². The van der Waals surface area contributed by atoms with Gasteiger partial charge in [-0.1, -0.05) is 36.8 Å². The number of hydrazone groups is 1. The number of aryl methyl sites for hydroxylation is 1. The van der Waals surface area contributed by atoms with Crippen LogP contribution in [-0.2, 0) is 0 Å². The molecule has 0 radical (unpaired) electrons. The van der Waals surface area contributed by atoms with Gasteiger partial charge in [0.05, 0.1) is 11.4 Å². The normalized spacial score (nSPS) is 11.4. The molecule has 0 bridgehead atoms. The van der Waals surface area contributed by atoms with Crippen LogP contribution in [0.2, 0.25) is 0 Å². The lowest BCUT2D eigenvalue weighted by atomic mass is 10.1. The molecule has 6 nitrogen and oxygen atoms in total. The number of aromatic hydroxyl groups is 1. The minimum absolute atomic E-state index is 0.189. The number of benzene rings is 2. The van der Waals surface area contributed by atoms with Gasteiger partial charge in [0.15, 0.2) is 0 Å². The third-order valence-electron chi connectivity index (χ3n) is 4.00. The average Bonchev–Trinajstić information content (AvgIpc) is 3.14. The molecule has 3 N–H and O–H groups in total. The van der Waals surface area contributed by atoms with Crippen LogP contribution in [0, 0.1) is 6.92 Å². The molecule has 3 aromatic rings. The molecule has 0 fully saturated rings. The van der Waals surface area contributed by atoms with Gasteiger partial charge in [-0.05, 0) is 49.2 Å². The zero-order valence-corrected chi connectivity index (χ0v) is 14.7. The van der Waals surface area contributed by atoms with Crippen molar-refractivity contribution >= 4 is 11.6 Å². The van der Waals surface area contributed by atoms with E-state index in [-0.39, 0.29) is 11.7 Å². The van der Waals surface area contributed by atoms with E-state index in [4.69, 9.17) is 0 Å². The number of hydrogen-bond donors (Lipinski definition) is 3. The Morgan fingerprint density at radius 1 is 1.15 bits per heavy atom. The summed E-state index contributed by atoms with van der Waals surface area (Å²) in [5, 5.41) is 20.5. The molecule has 0 saturated carbocycles. The molecule has 0 unspecified atom stereocenters. The average molecular weight is 348 g/mol. The first-order chi connectivity index (χ1) is 12.6. The number of carbonyl (C=O) groups excluding carboxylic acids is 1. The molecule has 0 atom stereocenters. The smallest absolute Gasteiger partial charge is 0.289 e. The second-order valence-electron chi connectivity index (χ2n) is 5.93. The second-order valence-corrected chi connectivity index (χ2v) is 5.93. The van der Waals surface area contributed by atoms with Gasteiger partial charge in [0.2, 0.25) is 0 Å². The van der Waals surface area contributed by atoms with E-state index in [0.717, 1.165) is 22.4 Å². The van der Waals surface area contributed by atoms with Gasteiger partial charge in [-0.25, -0.2) is 5.43 Å². The number of carbonyl (C=O) groups is 1. The van der Waals surface area contributed by atoms with Crippen molar-refractivity contribution in [2.75, 3.05) is 0 Å². The molecule has 1 amide bonds. The van der Waals surface area contributed by atoms with Crippen LogP contribution in [0.4, 0.5) is 0 Å². The summed E-state index contributed by atoms with van der Waals surface area (Å²) in [5.74, 6) is -0.171. The number of aromatic nitrogens is 2. The number of amides is 1. The lowest BCUT2D eigenvalue weighted by Crippen LogP contribution is -2.20. The van der Waals surface area contributed by atoms with E-state index in [2.05, 4.69) is 20.7 Å². The van der Waals surface area contributed by atoms with E-state index in [1.54, 1.807) is 30.3 Å². The number of nitrogens with zero attached hydrogens (tertiary/aromatic N) is 2. The van der Waals surface area contributed by atoms with Gasteiger partial charge in [-0.15, -0.1) is 0 Å². The van der Waals surface area contributed by atoms with Crippen LogP contribution < -0.4 is 5.43 Å². The molecule has 1 heterocycles. The molecule has 0 aliphatic rings. The largest absolute Gasteiger partial charge is 0.508 e. The van der Waals surface area contributed by atoms with Gasteiger partial charge in [-0.3, -0.25) is 9.89 Å². The fourth-order valence-corrected chi connectivity index (χ4v) is 2.49. The van der Waals surface area contributed by atoms with Gasteiger partial charge in [0.25, 0.3) is 5.91 Å². The summed E-state index contributed by atoms with van der Waals surface area (Å²) in [6, 6.07) is 16.3. The van der Waals surface area contributed by atoms with Crippen molar-refractivity contribution in [2.24, 2.45) is 5.10 Å². The summed E-state index contributed by atoms with van der Waals surface area (Å²) in [6.07, 6.45) is 0.642. The van der Waals surface area contributed by atoms with Crippen LogP contribution in [0.5, 0.6) is 5.75 Å². The van der Waals surface area contributed by atoms with Crippen molar-refractivity contribution in [3.05, 3.63) is 71.4 Å². The molecular formula is C20H20N4O2. The highest BCUT2D eigenvalue weighted by Gasteiger charge is 2.11. The Kier molecular flexibility index (Phi) is 5.12. The van der Waals surface area contributed by atoms with Gasteiger partial charge >= 0.3 is 0 Å². The van der Waals surface area contributed by atoms with Crippen LogP contribution in [-0.4, -0.2) is 26.9 Å². The van der Waals surface area contributed by atoms with Crippen molar-refractivity contribution < 1.29 is 9.90 Å². The SMILES string of the molecule is CC/C(=N\NC(=O)c1cc(-c2ccc(C)cc2)n[nH]1)c1ccc(O)cc1. The van der Waals surface area contributed by atoms with Gasteiger partial charge < -0.3 is 5.11 Å². The maximum absolute atomic E-state index is 12.3. The number of aromatic amines is 1. The Bertz CT molecular complexity index is 925. The number of H-pyrrole nitrogens is 1. The van der Waals surface area contributed by atoms with Gasteiger partial charge in [0.1, 0.15) is 11.4 Å². The summed E-state index contributed by atoms with van der Waals surface area (Å²) in [4.78, 5) is 12.3. The molecular weight excluding hydrogens is 328 g/mol. The Morgan fingerprint density at radius 3 is 2.50 bits per heavy atom. The minimum Gasteiger partial charge on any atom is -0.508 e. The number of rotatable bonds is 5. The molecule has 2 aromatic carbocycles. The Hall–Kier alpha value is -3.41. The Balaban J connectivity index is 1.73. The van der Waals surface area contributed by atoms with Gasteiger partial charge in [0, 0.05) is 5.56 Å². The molecule has 3 rings (SSSR count). The third-order valence-corrected chi connectivity index (χ3v) is 4.00. The van der Waals surface area contributed by atoms with Crippen LogP contribution >= 0.6 is 0 Å². The number of phenolic OH excluding ortho intramolecular Hbond substituents is 1. The highest BCUT2D eigenvalue weighted by atomic mass is 16.3. The molecule has 1 aromatic heterocycles. The molecule has 132 valence electrons. The van der Waals surface area contributed by atoms with E-state index in [1.165, 1.54) is 0 Å². The molecule has 0 saturated heterocycles. The van der Waals surface area contributed by atoms with Crippen molar-refractivity contribution in [3.63, 3.8) is 0 Å². The molecule has 26 heavy (non-hydrogen) atoms. The predicted octanol–water partition coefficient (Wildman–Crippen LogP) is 3.63. The molecule has 0 spiro atoms. The monoisotopic (exact) mass is 348 g/mol. The first kappa shape index (κ1) is 17.4. The maximum atomic E-state index is 12.3. The predicted molar refractivity (Wildman–Crippen MR) is 101 cm³/mol. The van der Waals surface area contributed by atoms with Crippen LogP contribution in [0.3, 0.4) is 0 Å². The highest BCUT2D eigenvalue weighted by Crippen LogP contribution is 2.18. The van der Waals surface area contributed by atoms with Crippen molar-refractivity contribution in [2.45, 2.75) is 20.3 Å². The van der Waals surface area contributed by atoms with Crippen molar-refractivity contribution in [1.29, 1.82) is 0 Å². The first-order valence-electron chi connectivity index (χ1n) is 8.35. The number of phenols is 1. The number of nitrogens with one attached hydrogen (secondary N) is 2. The lowest BCUT2D eigenvalue weighted by Gasteiger charge is -2.04. The van der Waals surface area contributed by atoms with E-state index in [1.807, 2.05) is 38.1 Å². The quantitative estimate of drug-likeness (QED) is 0.486. The number of hydrogen-bond acceptors (Lipinski definition) is 4. The maximum Gasteiger partial charge on any atom is 0.289 e. The topological polar surface area (TPSA) is 90.4 Å². The van der Waals surface area contributed by atoms with E-state index in [0.29, 0.717) is 17.8 Å². The summed E-state index contributed by atoms with van der Waals surface area (Å²) in [5.41, 5.74) is 7.26. The molecule has 0 aliphatic carbocycles. The summed E-state index contributed by atoms with van der Waals surface area (Å²) in [6.45, 7) is 3.97.